The molecular formula is C5H9NO3Y2-2. The first kappa shape index (κ1) is 22.7. The molecule has 0 aromatic carbocycles. The van der Waals surface area contributed by atoms with E-state index < -0.39 is 11.9 Å². The Hall–Kier alpha value is 1.15. The van der Waals surface area contributed by atoms with Gasteiger partial charge in [-0.05, 0) is 6.42 Å². The molecule has 0 aromatic heterocycles. The maximum Gasteiger partial charge on any atom is 0.303 e. The van der Waals surface area contributed by atoms with E-state index in [1.807, 2.05) is 0 Å². The molecule has 0 rings (SSSR count). The molecular weight excluding hydrogens is 300 g/mol. The maximum atomic E-state index is 9.75. The van der Waals surface area contributed by atoms with Crippen molar-refractivity contribution in [1.82, 2.24) is 0 Å². The molecule has 0 fully saturated rings. The molecule has 4 nitrogen and oxygen atoms in total. The van der Waals surface area contributed by atoms with Gasteiger partial charge in [-0.15, -0.1) is 0 Å². The van der Waals surface area contributed by atoms with Gasteiger partial charge in [0.1, 0.15) is 0 Å². The molecule has 0 bridgehead atoms. The molecule has 0 atom stereocenters. The minimum atomic E-state index is -1.04. The van der Waals surface area contributed by atoms with Crippen molar-refractivity contribution in [3.05, 3.63) is 13.2 Å². The number of carboxylic acids is 1. The van der Waals surface area contributed by atoms with Crippen molar-refractivity contribution in [3.8, 4) is 0 Å². The Morgan fingerprint density at radius 2 is 1.55 bits per heavy atom. The van der Waals surface area contributed by atoms with Crippen LogP contribution in [0.4, 0.5) is 0 Å². The molecule has 1 amide bonds. The number of aliphatic carboxylic acids is 1. The molecule has 6 heteroatoms. The monoisotopic (exact) mass is 309 g/mol. The van der Waals surface area contributed by atoms with Crippen molar-refractivity contribution >= 4 is 11.9 Å². The Morgan fingerprint density at radius 3 is 1.64 bits per heavy atom. The van der Waals surface area contributed by atoms with Crippen LogP contribution in [0.2, 0.25) is 0 Å². The SMILES string of the molecule is [CH3-].[NH-]C(=O)CCC(=O)O.[Y].[Y]. The first-order valence-electron chi connectivity index (χ1n) is 2.09. The normalized spacial score (nSPS) is 6.18. The average molecular weight is 309 g/mol. The molecule has 0 aromatic rings. The summed E-state index contributed by atoms with van der Waals surface area (Å²) in [5, 5.41) is 7.93. The number of hydrogen-bond acceptors (Lipinski definition) is 2. The maximum absolute atomic E-state index is 9.75. The molecule has 0 aliphatic rings. The molecule has 2 N–H and O–H groups in total. The smallest absolute Gasteiger partial charge is 0.303 e. The van der Waals surface area contributed by atoms with Crippen molar-refractivity contribution in [2.75, 3.05) is 0 Å². The number of rotatable bonds is 3. The third kappa shape index (κ3) is 24.7. The summed E-state index contributed by atoms with van der Waals surface area (Å²) in [5.41, 5.74) is 6.27. The van der Waals surface area contributed by atoms with Gasteiger partial charge >= 0.3 is 5.97 Å². The van der Waals surface area contributed by atoms with Gasteiger partial charge in [-0.1, -0.05) is 0 Å². The Morgan fingerprint density at radius 1 is 1.18 bits per heavy atom. The second-order valence-corrected chi connectivity index (χ2v) is 1.32. The molecule has 60 valence electrons. The van der Waals surface area contributed by atoms with Gasteiger partial charge in [0.25, 0.3) is 0 Å². The van der Waals surface area contributed by atoms with Gasteiger partial charge in [0, 0.05) is 71.3 Å². The second kappa shape index (κ2) is 13.7. The Bertz CT molecular complexity index is 104. The number of carbonyl (C=O) groups is 2. The van der Waals surface area contributed by atoms with Crippen LogP contribution in [0.1, 0.15) is 12.8 Å². The van der Waals surface area contributed by atoms with Crippen molar-refractivity contribution in [2.24, 2.45) is 0 Å². The van der Waals surface area contributed by atoms with Gasteiger partial charge in [0.2, 0.25) is 0 Å². The first-order chi connectivity index (χ1) is 3.63. The Labute approximate surface area is 116 Å². The Kier molecular flexibility index (Phi) is 28.4. The molecule has 2 radical (unpaired) electrons. The van der Waals surface area contributed by atoms with E-state index in [0.717, 1.165) is 0 Å². The van der Waals surface area contributed by atoms with E-state index in [1.165, 1.54) is 0 Å². The molecule has 0 spiro atoms. The molecule has 0 saturated heterocycles. The van der Waals surface area contributed by atoms with Crippen LogP contribution in [0.3, 0.4) is 0 Å². The third-order valence-corrected chi connectivity index (χ3v) is 0.566. The van der Waals surface area contributed by atoms with Gasteiger partial charge in [-0.25, -0.2) is 0 Å². The summed E-state index contributed by atoms with van der Waals surface area (Å²) in [7, 11) is 0. The number of carboxylic acid groups (broad SMARTS) is 1. The van der Waals surface area contributed by atoms with Crippen LogP contribution in [0.15, 0.2) is 0 Å². The number of amides is 1. The van der Waals surface area contributed by atoms with Crippen LogP contribution in [-0.4, -0.2) is 17.0 Å². The zero-order valence-electron chi connectivity index (χ0n) is 6.33. The molecule has 11 heavy (non-hydrogen) atoms. The van der Waals surface area contributed by atoms with Crippen molar-refractivity contribution in [2.45, 2.75) is 12.8 Å². The first-order valence-corrected chi connectivity index (χ1v) is 2.09. The fourth-order valence-electron chi connectivity index (χ4n) is 0.220. The van der Waals surface area contributed by atoms with Crippen molar-refractivity contribution in [1.29, 1.82) is 0 Å². The standard InChI is InChI=1S/C4H7NO3.CH3.2Y/c5-3(6)1-2-4(7)8;;;/h1-2H2,(H3,5,6,7,8);1H3;;/q;-1;;/p-1. The van der Waals surface area contributed by atoms with Crippen LogP contribution in [0, 0.1) is 7.43 Å². The largest absolute Gasteiger partial charge is 0.668 e. The quantitative estimate of drug-likeness (QED) is 0.786. The summed E-state index contributed by atoms with van der Waals surface area (Å²) in [5.74, 6) is -1.86. The summed E-state index contributed by atoms with van der Waals surface area (Å²) in [6.45, 7) is 0. The third-order valence-electron chi connectivity index (χ3n) is 0.566. The van der Waals surface area contributed by atoms with E-state index in [4.69, 9.17) is 10.8 Å². The van der Waals surface area contributed by atoms with Crippen molar-refractivity contribution < 1.29 is 80.1 Å². The van der Waals surface area contributed by atoms with E-state index >= 15 is 0 Å². The van der Waals surface area contributed by atoms with Crippen LogP contribution < -0.4 is 0 Å². The van der Waals surface area contributed by atoms with Crippen LogP contribution in [0.25, 0.3) is 5.73 Å². The fraction of sp³-hybridized carbons (Fsp3) is 0.400. The summed E-state index contributed by atoms with van der Waals surface area (Å²) in [6.07, 6.45) is -0.419. The van der Waals surface area contributed by atoms with E-state index in [2.05, 4.69) is 0 Å². The van der Waals surface area contributed by atoms with Gasteiger partial charge in [-0.3, -0.25) is 4.79 Å². The number of hydrogen-bond donors (Lipinski definition) is 1. The second-order valence-electron chi connectivity index (χ2n) is 1.32. The van der Waals surface area contributed by atoms with E-state index in [1.54, 1.807) is 0 Å². The molecule has 0 heterocycles. The fourth-order valence-corrected chi connectivity index (χ4v) is 0.220. The predicted molar refractivity (Wildman–Crippen MR) is 32.6 cm³/mol. The summed E-state index contributed by atoms with van der Waals surface area (Å²) in [4.78, 5) is 19.4. The molecule has 0 aliphatic heterocycles. The Balaban J connectivity index is -0.0000000817. The number of nitrogens with one attached hydrogen (secondary N) is 1. The van der Waals surface area contributed by atoms with Gasteiger partial charge in [0.15, 0.2) is 0 Å². The zero-order chi connectivity index (χ0) is 6.57. The van der Waals surface area contributed by atoms with Crippen LogP contribution in [0.5, 0.6) is 0 Å². The van der Waals surface area contributed by atoms with Gasteiger partial charge in [0.05, 0.1) is 6.42 Å². The zero-order valence-corrected chi connectivity index (χ0v) is 12.0. The number of carbonyl (C=O) groups excluding carboxylic acids is 1. The predicted octanol–water partition coefficient (Wildman–Crippen LogP) is 0.875. The summed E-state index contributed by atoms with van der Waals surface area (Å²) < 4.78 is 0. The molecule has 0 saturated carbocycles. The van der Waals surface area contributed by atoms with Crippen LogP contribution in [-0.2, 0) is 75.0 Å². The van der Waals surface area contributed by atoms with Crippen LogP contribution >= 0.6 is 0 Å². The summed E-state index contributed by atoms with van der Waals surface area (Å²) >= 11 is 0. The molecule has 0 aliphatic carbocycles. The van der Waals surface area contributed by atoms with E-state index in [0.29, 0.717) is 0 Å². The topological polar surface area (TPSA) is 78.2 Å². The van der Waals surface area contributed by atoms with Gasteiger partial charge in [-0.2, -0.15) is 0 Å². The summed E-state index contributed by atoms with van der Waals surface area (Å²) in [6, 6.07) is 0. The van der Waals surface area contributed by atoms with Gasteiger partial charge < -0.3 is 23.1 Å². The minimum absolute atomic E-state index is 0. The minimum Gasteiger partial charge on any atom is -0.668 e. The van der Waals surface area contributed by atoms with Crippen molar-refractivity contribution in [3.63, 3.8) is 0 Å². The van der Waals surface area contributed by atoms with E-state index in [9.17, 15) is 9.59 Å². The average Bonchev–Trinajstić information content (AvgIpc) is 1.61. The van der Waals surface area contributed by atoms with E-state index in [-0.39, 0.29) is 85.7 Å². The molecule has 0 unspecified atom stereocenters.